The molecule has 1 saturated heterocycles. The number of benzene rings is 2. The van der Waals surface area contributed by atoms with Gasteiger partial charge in [-0.3, -0.25) is 4.79 Å². The molecule has 1 aromatic heterocycles. The molecule has 4 rings (SSSR count). The van der Waals surface area contributed by atoms with E-state index < -0.39 is 0 Å². The normalized spacial score (nSPS) is 14.0. The molecule has 0 spiro atoms. The third-order valence-electron chi connectivity index (χ3n) is 6.14. The van der Waals surface area contributed by atoms with Gasteiger partial charge in [-0.25, -0.2) is 0 Å². The molecule has 2 heterocycles. The first-order chi connectivity index (χ1) is 15.0. The van der Waals surface area contributed by atoms with Gasteiger partial charge in [0.15, 0.2) is 0 Å². The van der Waals surface area contributed by atoms with Crippen molar-refractivity contribution in [1.82, 2.24) is 4.57 Å². The molecular formula is C26H31N3O2. The highest BCUT2D eigenvalue weighted by Crippen LogP contribution is 2.33. The predicted molar refractivity (Wildman–Crippen MR) is 126 cm³/mol. The van der Waals surface area contributed by atoms with E-state index in [1.54, 1.807) is 0 Å². The summed E-state index contributed by atoms with van der Waals surface area (Å²) in [6.45, 7) is 12.1. The van der Waals surface area contributed by atoms with Gasteiger partial charge in [0.05, 0.1) is 18.9 Å². The highest BCUT2D eigenvalue weighted by atomic mass is 16.5. The number of nitrogens with one attached hydrogen (secondary N) is 1. The third-order valence-corrected chi connectivity index (χ3v) is 6.14. The molecular weight excluding hydrogens is 386 g/mol. The fourth-order valence-electron chi connectivity index (χ4n) is 4.50. The van der Waals surface area contributed by atoms with Crippen molar-refractivity contribution >= 4 is 17.3 Å². The van der Waals surface area contributed by atoms with E-state index in [4.69, 9.17) is 4.74 Å². The average molecular weight is 418 g/mol. The van der Waals surface area contributed by atoms with Gasteiger partial charge < -0.3 is 19.5 Å². The minimum absolute atomic E-state index is 0.0701. The summed E-state index contributed by atoms with van der Waals surface area (Å²) in [6, 6.07) is 16.3. The van der Waals surface area contributed by atoms with E-state index in [0.29, 0.717) is 19.8 Å². The number of hydrogen-bond acceptors (Lipinski definition) is 3. The minimum atomic E-state index is -0.0701. The molecule has 1 aliphatic rings. The van der Waals surface area contributed by atoms with Crippen molar-refractivity contribution in [3.8, 4) is 0 Å². The SMILES string of the molecule is Cc1cccc(NC(=O)c2c(C)c(N3CCOCC3)c(C)n2Cc2ccccc2C)c1. The Morgan fingerprint density at radius 3 is 2.45 bits per heavy atom. The van der Waals surface area contributed by atoms with Crippen molar-refractivity contribution in [2.45, 2.75) is 34.2 Å². The molecule has 1 fully saturated rings. The summed E-state index contributed by atoms with van der Waals surface area (Å²) in [7, 11) is 0. The lowest BCUT2D eigenvalue weighted by Gasteiger charge is -2.29. The molecule has 0 radical (unpaired) electrons. The largest absolute Gasteiger partial charge is 0.378 e. The maximum Gasteiger partial charge on any atom is 0.272 e. The van der Waals surface area contributed by atoms with Gasteiger partial charge in [0, 0.05) is 36.6 Å². The van der Waals surface area contributed by atoms with Crippen LogP contribution in [-0.2, 0) is 11.3 Å². The number of morpholine rings is 1. The van der Waals surface area contributed by atoms with E-state index in [0.717, 1.165) is 47.0 Å². The fraction of sp³-hybridized carbons (Fsp3) is 0.346. The van der Waals surface area contributed by atoms with E-state index in [2.05, 4.69) is 59.8 Å². The number of amides is 1. The number of ether oxygens (including phenoxy) is 1. The predicted octanol–water partition coefficient (Wildman–Crippen LogP) is 4.86. The molecule has 0 bridgehead atoms. The highest BCUT2D eigenvalue weighted by molar-refractivity contribution is 6.05. The molecule has 1 N–H and O–H groups in total. The summed E-state index contributed by atoms with van der Waals surface area (Å²) in [4.78, 5) is 15.9. The zero-order valence-corrected chi connectivity index (χ0v) is 18.9. The monoisotopic (exact) mass is 417 g/mol. The van der Waals surface area contributed by atoms with Gasteiger partial charge in [-0.15, -0.1) is 0 Å². The van der Waals surface area contributed by atoms with Crippen LogP contribution in [0.3, 0.4) is 0 Å². The molecule has 3 aromatic rings. The molecule has 2 aromatic carbocycles. The molecule has 5 heteroatoms. The topological polar surface area (TPSA) is 46.5 Å². The molecule has 1 amide bonds. The second kappa shape index (κ2) is 8.98. The van der Waals surface area contributed by atoms with Gasteiger partial charge in [-0.05, 0) is 56.5 Å². The maximum atomic E-state index is 13.5. The number of carbonyl (C=O) groups excluding carboxylic acids is 1. The third kappa shape index (κ3) is 4.37. The summed E-state index contributed by atoms with van der Waals surface area (Å²) in [6.07, 6.45) is 0. The van der Waals surface area contributed by atoms with E-state index in [-0.39, 0.29) is 5.91 Å². The Labute approximate surface area is 184 Å². The van der Waals surface area contributed by atoms with Crippen LogP contribution in [0, 0.1) is 27.7 Å². The maximum absolute atomic E-state index is 13.5. The van der Waals surface area contributed by atoms with Crippen LogP contribution in [0.15, 0.2) is 48.5 Å². The van der Waals surface area contributed by atoms with Crippen molar-refractivity contribution < 1.29 is 9.53 Å². The van der Waals surface area contributed by atoms with Crippen molar-refractivity contribution in [3.63, 3.8) is 0 Å². The van der Waals surface area contributed by atoms with E-state index >= 15 is 0 Å². The Morgan fingerprint density at radius 1 is 1.00 bits per heavy atom. The lowest BCUT2D eigenvalue weighted by Crippen LogP contribution is -2.36. The van der Waals surface area contributed by atoms with Crippen molar-refractivity contribution in [1.29, 1.82) is 0 Å². The number of aromatic nitrogens is 1. The number of carbonyl (C=O) groups is 1. The first kappa shape index (κ1) is 21.2. The van der Waals surface area contributed by atoms with Gasteiger partial charge in [-0.1, -0.05) is 36.4 Å². The zero-order chi connectivity index (χ0) is 22.0. The van der Waals surface area contributed by atoms with Crippen LogP contribution in [0.25, 0.3) is 0 Å². The van der Waals surface area contributed by atoms with Gasteiger partial charge in [0.1, 0.15) is 5.69 Å². The Morgan fingerprint density at radius 2 is 1.74 bits per heavy atom. The van der Waals surface area contributed by atoms with E-state index in [1.165, 1.54) is 11.1 Å². The zero-order valence-electron chi connectivity index (χ0n) is 18.9. The first-order valence-corrected chi connectivity index (χ1v) is 10.9. The second-order valence-corrected chi connectivity index (χ2v) is 8.34. The quantitative estimate of drug-likeness (QED) is 0.645. The average Bonchev–Trinajstić information content (AvgIpc) is 3.00. The van der Waals surface area contributed by atoms with E-state index in [1.807, 2.05) is 31.2 Å². The molecule has 162 valence electrons. The van der Waals surface area contributed by atoms with Crippen LogP contribution >= 0.6 is 0 Å². The van der Waals surface area contributed by atoms with Gasteiger partial charge in [-0.2, -0.15) is 0 Å². The fourth-order valence-corrected chi connectivity index (χ4v) is 4.50. The molecule has 0 unspecified atom stereocenters. The number of anilines is 2. The smallest absolute Gasteiger partial charge is 0.272 e. The Kier molecular flexibility index (Phi) is 6.14. The molecule has 0 aliphatic carbocycles. The Balaban J connectivity index is 1.77. The molecule has 0 atom stereocenters. The highest BCUT2D eigenvalue weighted by Gasteiger charge is 2.27. The van der Waals surface area contributed by atoms with Crippen molar-refractivity contribution in [3.05, 3.63) is 82.2 Å². The summed E-state index contributed by atoms with van der Waals surface area (Å²) in [5.41, 5.74) is 8.42. The Bertz CT molecular complexity index is 1090. The van der Waals surface area contributed by atoms with Crippen molar-refractivity contribution in [2.24, 2.45) is 0 Å². The lowest BCUT2D eigenvalue weighted by molar-refractivity contribution is 0.101. The van der Waals surface area contributed by atoms with Crippen LogP contribution in [0.2, 0.25) is 0 Å². The number of aryl methyl sites for hydroxylation is 2. The lowest BCUT2D eigenvalue weighted by atomic mass is 10.1. The van der Waals surface area contributed by atoms with E-state index in [9.17, 15) is 4.79 Å². The number of nitrogens with zero attached hydrogens (tertiary/aromatic N) is 2. The number of hydrogen-bond donors (Lipinski definition) is 1. The molecule has 0 saturated carbocycles. The molecule has 5 nitrogen and oxygen atoms in total. The minimum Gasteiger partial charge on any atom is -0.378 e. The standard InChI is InChI=1S/C26H31N3O2/c1-18-8-7-11-23(16-18)27-26(30)25-20(3)24(28-12-14-31-15-13-28)21(4)29(25)17-22-10-6-5-9-19(22)2/h5-11,16H,12-15,17H2,1-4H3,(H,27,30). The molecule has 1 aliphatic heterocycles. The van der Waals surface area contributed by atoms with Gasteiger partial charge in [0.2, 0.25) is 0 Å². The van der Waals surface area contributed by atoms with Gasteiger partial charge >= 0.3 is 0 Å². The van der Waals surface area contributed by atoms with Crippen LogP contribution in [0.5, 0.6) is 0 Å². The summed E-state index contributed by atoms with van der Waals surface area (Å²) in [5, 5.41) is 3.12. The van der Waals surface area contributed by atoms with Crippen LogP contribution in [0.4, 0.5) is 11.4 Å². The van der Waals surface area contributed by atoms with Crippen molar-refractivity contribution in [2.75, 3.05) is 36.5 Å². The summed E-state index contributed by atoms with van der Waals surface area (Å²) in [5.74, 6) is -0.0701. The number of rotatable bonds is 5. The summed E-state index contributed by atoms with van der Waals surface area (Å²) < 4.78 is 7.73. The first-order valence-electron chi connectivity index (χ1n) is 10.9. The van der Waals surface area contributed by atoms with Crippen LogP contribution in [0.1, 0.15) is 38.4 Å². The van der Waals surface area contributed by atoms with Gasteiger partial charge in [0.25, 0.3) is 5.91 Å². The Hall–Kier alpha value is -3.05. The summed E-state index contributed by atoms with van der Waals surface area (Å²) >= 11 is 0. The second-order valence-electron chi connectivity index (χ2n) is 8.34. The van der Waals surface area contributed by atoms with Crippen LogP contribution in [-0.4, -0.2) is 36.8 Å². The van der Waals surface area contributed by atoms with Crippen LogP contribution < -0.4 is 10.2 Å². The molecule has 31 heavy (non-hydrogen) atoms.